The zero-order chi connectivity index (χ0) is 19.2. The van der Waals surface area contributed by atoms with E-state index in [1.54, 1.807) is 18.2 Å². The molecule has 3 aromatic rings. The number of fused-ring (bicyclic) bond motifs is 1. The van der Waals surface area contributed by atoms with E-state index < -0.39 is 0 Å². The molecule has 0 fully saturated rings. The van der Waals surface area contributed by atoms with E-state index in [1.807, 2.05) is 18.2 Å². The summed E-state index contributed by atoms with van der Waals surface area (Å²) in [4.78, 5) is 32.0. The lowest BCUT2D eigenvalue weighted by Gasteiger charge is -2.23. The van der Waals surface area contributed by atoms with Gasteiger partial charge >= 0.3 is 0 Å². The average Bonchev–Trinajstić information content (AvgIpc) is 2.68. The number of carbonyl (C=O) groups is 1. The molecule has 3 N–H and O–H groups in total. The van der Waals surface area contributed by atoms with Gasteiger partial charge in [0.15, 0.2) is 4.77 Å². The van der Waals surface area contributed by atoms with Crippen LogP contribution in [0.1, 0.15) is 23.7 Å². The molecule has 1 heterocycles. The van der Waals surface area contributed by atoms with Crippen molar-refractivity contribution in [3.8, 4) is 0 Å². The van der Waals surface area contributed by atoms with Gasteiger partial charge < -0.3 is 15.2 Å². The second-order valence-corrected chi connectivity index (χ2v) is 6.60. The van der Waals surface area contributed by atoms with Gasteiger partial charge in [0.1, 0.15) is 0 Å². The molecule has 0 radical (unpaired) electrons. The zero-order valence-electron chi connectivity index (χ0n) is 15.1. The Labute approximate surface area is 162 Å². The van der Waals surface area contributed by atoms with E-state index in [4.69, 9.17) is 12.2 Å². The van der Waals surface area contributed by atoms with Crippen molar-refractivity contribution in [2.75, 3.05) is 24.5 Å². The third-order valence-corrected chi connectivity index (χ3v) is 4.60. The smallest absolute Gasteiger partial charge is 0.259 e. The van der Waals surface area contributed by atoms with E-state index in [1.165, 1.54) is 5.69 Å². The first-order valence-electron chi connectivity index (χ1n) is 8.93. The van der Waals surface area contributed by atoms with Crippen molar-refractivity contribution in [3.05, 3.63) is 69.2 Å². The monoisotopic (exact) mass is 382 g/mol. The summed E-state index contributed by atoms with van der Waals surface area (Å²) in [6, 6.07) is 15.1. The predicted octanol–water partition coefficient (Wildman–Crippen LogP) is 3.23. The lowest BCUT2D eigenvalue weighted by molar-refractivity contribution is 0.0953. The lowest BCUT2D eigenvalue weighted by atomic mass is 10.1. The summed E-state index contributed by atoms with van der Waals surface area (Å²) in [6.45, 7) is 4.47. The molecule has 0 unspecified atom stereocenters. The highest BCUT2D eigenvalue weighted by molar-refractivity contribution is 7.71. The van der Waals surface area contributed by atoms with Gasteiger partial charge in [0, 0.05) is 30.9 Å². The first-order valence-corrected chi connectivity index (χ1v) is 9.34. The molecule has 1 aromatic heterocycles. The Bertz CT molecular complexity index is 1040. The molecule has 6 nitrogen and oxygen atoms in total. The number of nitrogens with one attached hydrogen (secondary N) is 3. The summed E-state index contributed by atoms with van der Waals surface area (Å²) < 4.78 is 0.241. The molecule has 2 aromatic carbocycles. The standard InChI is InChI=1S/C20H22N4O2S/c1-2-24(15-7-4-3-5-8-15)12-6-11-21-18(25)14-9-10-16-17(13-14)22-20(27)23-19(16)26/h3-5,7-10,13H,2,6,11-12H2,1H3,(H,21,25)(H2,22,23,26,27). The third kappa shape index (κ3) is 4.62. The van der Waals surface area contributed by atoms with Crippen molar-refractivity contribution in [2.24, 2.45) is 0 Å². The molecule has 0 bridgehead atoms. The van der Waals surface area contributed by atoms with Crippen LogP contribution in [-0.4, -0.2) is 35.5 Å². The number of aromatic nitrogens is 2. The van der Waals surface area contributed by atoms with Crippen LogP contribution in [0.3, 0.4) is 0 Å². The van der Waals surface area contributed by atoms with Gasteiger partial charge in [-0.1, -0.05) is 18.2 Å². The molecule has 0 spiro atoms. The lowest BCUT2D eigenvalue weighted by Crippen LogP contribution is -2.30. The fraction of sp³-hybridized carbons (Fsp3) is 0.250. The Balaban J connectivity index is 1.58. The predicted molar refractivity (Wildman–Crippen MR) is 111 cm³/mol. The molecule has 1 amide bonds. The van der Waals surface area contributed by atoms with E-state index in [0.29, 0.717) is 23.0 Å². The molecule has 140 valence electrons. The molecule has 0 aliphatic heterocycles. The number of hydrogen-bond acceptors (Lipinski definition) is 4. The van der Waals surface area contributed by atoms with Crippen molar-refractivity contribution in [2.45, 2.75) is 13.3 Å². The van der Waals surface area contributed by atoms with E-state index >= 15 is 0 Å². The maximum atomic E-state index is 12.4. The van der Waals surface area contributed by atoms with Gasteiger partial charge in [0.2, 0.25) is 0 Å². The second kappa shape index (κ2) is 8.64. The van der Waals surface area contributed by atoms with Crippen LogP contribution in [0.25, 0.3) is 10.9 Å². The van der Waals surface area contributed by atoms with E-state index in [2.05, 4.69) is 39.2 Å². The van der Waals surface area contributed by atoms with Crippen LogP contribution in [0.15, 0.2) is 53.3 Å². The van der Waals surface area contributed by atoms with Gasteiger partial charge in [-0.2, -0.15) is 0 Å². The van der Waals surface area contributed by atoms with E-state index in [-0.39, 0.29) is 16.2 Å². The molecule has 0 aliphatic rings. The molecule has 0 atom stereocenters. The van der Waals surface area contributed by atoms with Crippen LogP contribution in [0.2, 0.25) is 0 Å². The Kier molecular flexibility index (Phi) is 6.03. The van der Waals surface area contributed by atoms with Crippen LogP contribution in [-0.2, 0) is 0 Å². The number of benzene rings is 2. The highest BCUT2D eigenvalue weighted by Gasteiger charge is 2.08. The normalized spacial score (nSPS) is 10.7. The number of carbonyl (C=O) groups excluding carboxylic acids is 1. The van der Waals surface area contributed by atoms with Crippen LogP contribution in [0.5, 0.6) is 0 Å². The van der Waals surface area contributed by atoms with Crippen molar-refractivity contribution >= 4 is 34.7 Å². The van der Waals surface area contributed by atoms with Gasteiger partial charge in [0.05, 0.1) is 10.9 Å². The summed E-state index contributed by atoms with van der Waals surface area (Å²) in [5.41, 5.74) is 1.97. The Hall–Kier alpha value is -2.93. The highest BCUT2D eigenvalue weighted by Crippen LogP contribution is 2.13. The third-order valence-electron chi connectivity index (χ3n) is 4.40. The van der Waals surface area contributed by atoms with Crippen molar-refractivity contribution in [3.63, 3.8) is 0 Å². The number of H-pyrrole nitrogens is 2. The summed E-state index contributed by atoms with van der Waals surface area (Å²) in [5, 5.41) is 3.41. The Morgan fingerprint density at radius 2 is 1.93 bits per heavy atom. The molecule has 27 heavy (non-hydrogen) atoms. The van der Waals surface area contributed by atoms with Crippen molar-refractivity contribution in [1.29, 1.82) is 0 Å². The van der Waals surface area contributed by atoms with Crippen LogP contribution < -0.4 is 15.8 Å². The summed E-state index contributed by atoms with van der Waals surface area (Å²) in [7, 11) is 0. The van der Waals surface area contributed by atoms with E-state index in [9.17, 15) is 9.59 Å². The zero-order valence-corrected chi connectivity index (χ0v) is 15.9. The Morgan fingerprint density at radius 1 is 1.15 bits per heavy atom. The molecule has 7 heteroatoms. The number of rotatable bonds is 7. The van der Waals surface area contributed by atoms with Crippen molar-refractivity contribution in [1.82, 2.24) is 15.3 Å². The van der Waals surface area contributed by atoms with Crippen LogP contribution in [0.4, 0.5) is 5.69 Å². The summed E-state index contributed by atoms with van der Waals surface area (Å²) >= 11 is 4.98. The number of nitrogens with zero attached hydrogens (tertiary/aromatic N) is 1. The Morgan fingerprint density at radius 3 is 2.67 bits per heavy atom. The van der Waals surface area contributed by atoms with E-state index in [0.717, 1.165) is 19.5 Å². The average molecular weight is 382 g/mol. The number of anilines is 1. The summed E-state index contributed by atoms with van der Waals surface area (Å²) in [6.07, 6.45) is 0.837. The van der Waals surface area contributed by atoms with Gasteiger partial charge in [0.25, 0.3) is 11.5 Å². The van der Waals surface area contributed by atoms with Crippen LogP contribution >= 0.6 is 12.2 Å². The van der Waals surface area contributed by atoms with Gasteiger partial charge in [-0.25, -0.2) is 0 Å². The number of amides is 1. The minimum Gasteiger partial charge on any atom is -0.372 e. The minimum absolute atomic E-state index is 0.167. The maximum Gasteiger partial charge on any atom is 0.259 e. The van der Waals surface area contributed by atoms with Gasteiger partial charge in [-0.05, 0) is 55.9 Å². The largest absolute Gasteiger partial charge is 0.372 e. The fourth-order valence-electron chi connectivity index (χ4n) is 2.99. The highest BCUT2D eigenvalue weighted by atomic mass is 32.1. The minimum atomic E-state index is -0.263. The second-order valence-electron chi connectivity index (χ2n) is 6.19. The van der Waals surface area contributed by atoms with Crippen LogP contribution in [0, 0.1) is 4.77 Å². The maximum absolute atomic E-state index is 12.4. The van der Waals surface area contributed by atoms with Gasteiger partial charge in [-0.3, -0.25) is 14.6 Å². The molecule has 0 saturated carbocycles. The first-order chi connectivity index (χ1) is 13.1. The van der Waals surface area contributed by atoms with Gasteiger partial charge in [-0.15, -0.1) is 0 Å². The molecule has 3 rings (SSSR count). The first kappa shape index (κ1) is 18.8. The molecule has 0 saturated heterocycles. The number of para-hydroxylation sites is 1. The SMILES string of the molecule is CCN(CCCNC(=O)c1ccc2c(=O)[nH]c(=S)[nH]c2c1)c1ccccc1. The molecular formula is C20H22N4O2S. The fourth-order valence-corrected chi connectivity index (χ4v) is 3.20. The van der Waals surface area contributed by atoms with Crippen molar-refractivity contribution < 1.29 is 4.79 Å². The molecule has 0 aliphatic carbocycles. The summed E-state index contributed by atoms with van der Waals surface area (Å²) in [5.74, 6) is -0.167. The number of hydrogen-bond donors (Lipinski definition) is 3. The molecular weight excluding hydrogens is 360 g/mol. The quantitative estimate of drug-likeness (QED) is 0.433. The topological polar surface area (TPSA) is 81.0 Å². The number of aromatic amines is 2.